The number of carbonyl (C=O) groups is 1. The molecular weight excluding hydrogens is 504 g/mol. The van der Waals surface area contributed by atoms with Gasteiger partial charge < -0.3 is 20.1 Å². The number of rotatable bonds is 8. The molecule has 0 radical (unpaired) electrons. The molecule has 2 N–H and O–H groups in total. The van der Waals surface area contributed by atoms with E-state index in [-0.39, 0.29) is 18.1 Å². The van der Waals surface area contributed by atoms with Crippen LogP contribution in [0, 0.1) is 11.3 Å². The van der Waals surface area contributed by atoms with Gasteiger partial charge in [-0.15, -0.1) is 0 Å². The van der Waals surface area contributed by atoms with Crippen molar-refractivity contribution in [3.63, 3.8) is 0 Å². The monoisotopic (exact) mass is 538 g/mol. The number of fused-ring (bicyclic) bond motifs is 1. The van der Waals surface area contributed by atoms with E-state index in [1.54, 1.807) is 30.8 Å². The zero-order valence-electron chi connectivity index (χ0n) is 23.1. The number of aromatic nitrogens is 3. The van der Waals surface area contributed by atoms with Crippen molar-refractivity contribution in [3.05, 3.63) is 78.2 Å². The molecule has 5 rings (SSSR count). The third-order valence-electron chi connectivity index (χ3n) is 7.20. The summed E-state index contributed by atoms with van der Waals surface area (Å²) in [5, 5.41) is 27.3. The van der Waals surface area contributed by atoms with Crippen molar-refractivity contribution in [2.75, 3.05) is 24.6 Å². The maximum Gasteiger partial charge on any atom is 0.224 e. The van der Waals surface area contributed by atoms with Crippen LogP contribution in [0.4, 0.5) is 5.82 Å². The third kappa shape index (κ3) is 6.24. The summed E-state index contributed by atoms with van der Waals surface area (Å²) in [5.41, 5.74) is 2.49. The number of benzene rings is 1. The van der Waals surface area contributed by atoms with Gasteiger partial charge in [0.05, 0.1) is 35.5 Å². The van der Waals surface area contributed by atoms with Gasteiger partial charge in [-0.05, 0) is 57.4 Å². The fourth-order valence-electron chi connectivity index (χ4n) is 4.99. The number of nitriles is 1. The lowest BCUT2D eigenvalue weighted by molar-refractivity contribution is -0.122. The first-order chi connectivity index (χ1) is 19.1. The van der Waals surface area contributed by atoms with Gasteiger partial charge in [0.2, 0.25) is 5.91 Å². The van der Waals surface area contributed by atoms with Crippen LogP contribution in [0.15, 0.2) is 67.1 Å². The second-order valence-electron chi connectivity index (χ2n) is 11.3. The molecule has 206 valence electrons. The van der Waals surface area contributed by atoms with Crippen molar-refractivity contribution in [3.8, 4) is 22.9 Å². The number of piperidine rings is 1. The first-order valence-electron chi connectivity index (χ1n) is 13.5. The molecule has 9 nitrogen and oxygen atoms in total. The molecule has 3 aromatic heterocycles. The van der Waals surface area contributed by atoms with Crippen LogP contribution < -0.4 is 15.0 Å². The Balaban J connectivity index is 1.29. The number of hydrogen-bond acceptors (Lipinski definition) is 7. The average molecular weight is 539 g/mol. The van der Waals surface area contributed by atoms with E-state index in [1.165, 1.54) is 6.20 Å². The van der Waals surface area contributed by atoms with Gasteiger partial charge in [0, 0.05) is 36.0 Å². The zero-order chi connectivity index (χ0) is 28.3. The molecule has 1 aliphatic heterocycles. The lowest BCUT2D eigenvalue weighted by Crippen LogP contribution is -2.53. The number of carbonyl (C=O) groups excluding carboxylic acids is 1. The highest BCUT2D eigenvalue weighted by Crippen LogP contribution is 2.32. The summed E-state index contributed by atoms with van der Waals surface area (Å²) < 4.78 is 7.45. The van der Waals surface area contributed by atoms with Crippen molar-refractivity contribution >= 4 is 17.2 Å². The number of nitrogens with zero attached hydrogens (tertiary/aromatic N) is 5. The minimum absolute atomic E-state index is 0.0429. The fourth-order valence-corrected chi connectivity index (χ4v) is 4.99. The predicted molar refractivity (Wildman–Crippen MR) is 153 cm³/mol. The van der Waals surface area contributed by atoms with Gasteiger partial charge in [-0.25, -0.2) is 9.50 Å². The van der Waals surface area contributed by atoms with Gasteiger partial charge in [-0.3, -0.25) is 4.79 Å². The van der Waals surface area contributed by atoms with E-state index in [9.17, 15) is 15.2 Å². The molecule has 4 heterocycles. The highest BCUT2D eigenvalue weighted by molar-refractivity contribution is 5.85. The fraction of sp³-hybridized carbons (Fsp3) is 0.355. The Labute approximate surface area is 234 Å². The Bertz CT molecular complexity index is 1530. The number of hydrogen-bond donors (Lipinski definition) is 2. The Morgan fingerprint density at radius 1 is 1.18 bits per heavy atom. The standard InChI is InChI=1S/C31H34N6O3/c1-30(2,39)21-40-25-16-26(29-24(17-32)19-34-37(29)20-25)23-9-10-27(33-18-23)36-13-11-31(3,12-14-36)35-28(38)15-22-7-5-4-6-8-22/h4-10,16,18-20,39H,11-15,21H2,1-3H3,(H,35,38). The van der Waals surface area contributed by atoms with Gasteiger partial charge in [0.15, 0.2) is 0 Å². The lowest BCUT2D eigenvalue weighted by atomic mass is 9.89. The molecule has 0 aliphatic carbocycles. The molecule has 0 unspecified atom stereocenters. The van der Waals surface area contributed by atoms with Crippen molar-refractivity contribution in [1.82, 2.24) is 19.9 Å². The summed E-state index contributed by atoms with van der Waals surface area (Å²) in [7, 11) is 0. The van der Waals surface area contributed by atoms with Gasteiger partial charge in [-0.2, -0.15) is 10.4 Å². The molecule has 0 saturated carbocycles. The van der Waals surface area contributed by atoms with Gasteiger partial charge >= 0.3 is 0 Å². The molecule has 1 aromatic carbocycles. The van der Waals surface area contributed by atoms with Crippen molar-refractivity contribution in [2.24, 2.45) is 0 Å². The Morgan fingerprint density at radius 3 is 2.58 bits per heavy atom. The third-order valence-corrected chi connectivity index (χ3v) is 7.20. The van der Waals surface area contributed by atoms with Crippen LogP contribution in [-0.4, -0.2) is 56.4 Å². The molecule has 0 spiro atoms. The first-order valence-corrected chi connectivity index (χ1v) is 13.5. The summed E-state index contributed by atoms with van der Waals surface area (Å²) in [5.74, 6) is 1.44. The van der Waals surface area contributed by atoms with Crippen LogP contribution in [0.3, 0.4) is 0 Å². The molecule has 40 heavy (non-hydrogen) atoms. The number of pyridine rings is 2. The maximum absolute atomic E-state index is 12.7. The first kappa shape index (κ1) is 27.2. The van der Waals surface area contributed by atoms with Gasteiger partial charge in [0.1, 0.15) is 24.2 Å². The molecule has 1 aliphatic rings. The van der Waals surface area contributed by atoms with E-state index in [4.69, 9.17) is 9.72 Å². The summed E-state index contributed by atoms with van der Waals surface area (Å²) in [6.45, 7) is 7.14. The van der Waals surface area contributed by atoms with Crippen molar-refractivity contribution < 1.29 is 14.6 Å². The molecule has 1 amide bonds. The Kier molecular flexibility index (Phi) is 7.46. The number of ether oxygens (including phenoxy) is 1. The minimum atomic E-state index is -0.991. The number of amides is 1. The summed E-state index contributed by atoms with van der Waals surface area (Å²) in [4.78, 5) is 19.6. The van der Waals surface area contributed by atoms with E-state index in [0.29, 0.717) is 23.3 Å². The van der Waals surface area contributed by atoms with Crippen LogP contribution in [0.1, 0.15) is 44.7 Å². The smallest absolute Gasteiger partial charge is 0.224 e. The zero-order valence-corrected chi connectivity index (χ0v) is 23.1. The predicted octanol–water partition coefficient (Wildman–Crippen LogP) is 4.14. The normalized spacial score (nSPS) is 15.0. The van der Waals surface area contributed by atoms with E-state index in [0.717, 1.165) is 48.4 Å². The van der Waals surface area contributed by atoms with Crippen LogP contribution in [-0.2, 0) is 11.2 Å². The molecule has 0 atom stereocenters. The number of aliphatic hydroxyl groups is 1. The highest BCUT2D eigenvalue weighted by atomic mass is 16.5. The van der Waals surface area contributed by atoms with Crippen LogP contribution in [0.2, 0.25) is 0 Å². The minimum Gasteiger partial charge on any atom is -0.489 e. The number of nitrogens with one attached hydrogen (secondary N) is 1. The molecule has 1 saturated heterocycles. The van der Waals surface area contributed by atoms with Crippen LogP contribution in [0.5, 0.6) is 5.75 Å². The Hall–Kier alpha value is -4.42. The molecule has 1 fully saturated rings. The van der Waals surface area contributed by atoms with E-state index < -0.39 is 5.60 Å². The van der Waals surface area contributed by atoms with Gasteiger partial charge in [-0.1, -0.05) is 30.3 Å². The van der Waals surface area contributed by atoms with Crippen molar-refractivity contribution in [2.45, 2.75) is 51.2 Å². The lowest BCUT2D eigenvalue weighted by Gasteiger charge is -2.40. The molecule has 9 heteroatoms. The summed E-state index contributed by atoms with van der Waals surface area (Å²) in [6.07, 6.45) is 7.05. The maximum atomic E-state index is 12.7. The molecule has 0 bridgehead atoms. The SMILES string of the molecule is CC(C)(O)COc1cc(-c2ccc(N3CCC(C)(NC(=O)Cc4ccccc4)CC3)nc2)c2c(C#N)cnn2c1. The van der Waals surface area contributed by atoms with E-state index >= 15 is 0 Å². The quantitative estimate of drug-likeness (QED) is 0.346. The Morgan fingerprint density at radius 2 is 1.93 bits per heavy atom. The number of anilines is 1. The highest BCUT2D eigenvalue weighted by Gasteiger charge is 2.32. The van der Waals surface area contributed by atoms with Gasteiger partial charge in [0.25, 0.3) is 0 Å². The molecule has 4 aromatic rings. The molecular formula is C31H34N6O3. The largest absolute Gasteiger partial charge is 0.489 e. The summed E-state index contributed by atoms with van der Waals surface area (Å²) in [6, 6.07) is 17.8. The van der Waals surface area contributed by atoms with Crippen LogP contribution in [0.25, 0.3) is 16.6 Å². The van der Waals surface area contributed by atoms with E-state index in [2.05, 4.69) is 28.3 Å². The second-order valence-corrected chi connectivity index (χ2v) is 11.3. The van der Waals surface area contributed by atoms with Crippen LogP contribution >= 0.6 is 0 Å². The topological polar surface area (TPSA) is 116 Å². The van der Waals surface area contributed by atoms with E-state index in [1.807, 2.05) is 48.5 Å². The second kappa shape index (κ2) is 11.0. The van der Waals surface area contributed by atoms with Crippen molar-refractivity contribution in [1.29, 1.82) is 5.26 Å². The average Bonchev–Trinajstić information content (AvgIpc) is 3.35. The summed E-state index contributed by atoms with van der Waals surface area (Å²) >= 11 is 0.